The largest absolute Gasteiger partial charge is 0.301 e. The van der Waals surface area contributed by atoms with Crippen molar-refractivity contribution in [3.05, 3.63) is 40.4 Å². The molecule has 0 aliphatic heterocycles. The van der Waals surface area contributed by atoms with Crippen molar-refractivity contribution in [1.82, 2.24) is 4.98 Å². The molecule has 0 radical (unpaired) electrons. The lowest BCUT2D eigenvalue weighted by Crippen LogP contribution is -2.13. The summed E-state index contributed by atoms with van der Waals surface area (Å²) in [5.74, 6) is 0.388. The normalized spacial score (nSPS) is 10.5. The van der Waals surface area contributed by atoms with Gasteiger partial charge in [0.15, 0.2) is 5.13 Å². The van der Waals surface area contributed by atoms with Crippen LogP contribution >= 0.6 is 23.1 Å². The van der Waals surface area contributed by atoms with Gasteiger partial charge < -0.3 is 5.32 Å². The molecule has 5 heteroatoms. The van der Waals surface area contributed by atoms with Crippen molar-refractivity contribution in [2.75, 3.05) is 11.1 Å². The summed E-state index contributed by atoms with van der Waals surface area (Å²) in [5.41, 5.74) is 3.45. The van der Waals surface area contributed by atoms with Crippen LogP contribution in [0.2, 0.25) is 0 Å². The van der Waals surface area contributed by atoms with Crippen LogP contribution < -0.4 is 5.32 Å². The molecule has 1 aromatic heterocycles. The molecule has 0 atom stereocenters. The third-order valence-electron chi connectivity index (χ3n) is 2.71. The number of aromatic nitrogens is 1. The molecule has 1 N–H and O–H groups in total. The second kappa shape index (κ2) is 6.21. The lowest BCUT2D eigenvalue weighted by molar-refractivity contribution is -0.113. The van der Waals surface area contributed by atoms with E-state index in [0.717, 1.165) is 10.6 Å². The summed E-state index contributed by atoms with van der Waals surface area (Å²) in [5, 5.41) is 5.40. The maximum atomic E-state index is 11.8. The Labute approximate surface area is 121 Å². The monoisotopic (exact) mass is 292 g/mol. The molecule has 0 saturated carbocycles. The zero-order valence-electron chi connectivity index (χ0n) is 11.2. The van der Waals surface area contributed by atoms with Crippen LogP contribution in [0.5, 0.6) is 0 Å². The zero-order chi connectivity index (χ0) is 13.8. The van der Waals surface area contributed by atoms with Gasteiger partial charge in [-0.25, -0.2) is 4.98 Å². The summed E-state index contributed by atoms with van der Waals surface area (Å²) in [6.45, 7) is 6.08. The number of nitrogens with zero attached hydrogens (tertiary/aromatic N) is 1. The van der Waals surface area contributed by atoms with Crippen molar-refractivity contribution in [3.8, 4) is 0 Å². The molecule has 3 nitrogen and oxygen atoms in total. The number of aryl methyl sites for hydroxylation is 3. The minimum absolute atomic E-state index is 0.0161. The van der Waals surface area contributed by atoms with Gasteiger partial charge in [0.25, 0.3) is 0 Å². The number of amides is 1. The smallest absolute Gasteiger partial charge is 0.236 e. The molecule has 1 amide bonds. The van der Waals surface area contributed by atoms with E-state index in [1.165, 1.54) is 22.5 Å². The van der Waals surface area contributed by atoms with E-state index in [1.54, 1.807) is 11.8 Å². The topological polar surface area (TPSA) is 42.0 Å². The van der Waals surface area contributed by atoms with Gasteiger partial charge in [0.1, 0.15) is 0 Å². The van der Waals surface area contributed by atoms with E-state index >= 15 is 0 Å². The van der Waals surface area contributed by atoms with Crippen LogP contribution in [0.25, 0.3) is 0 Å². The van der Waals surface area contributed by atoms with Crippen molar-refractivity contribution in [2.45, 2.75) is 25.7 Å². The predicted octanol–water partition coefficient (Wildman–Crippen LogP) is 3.80. The Hall–Kier alpha value is -1.33. The summed E-state index contributed by atoms with van der Waals surface area (Å²) in [7, 11) is 0. The van der Waals surface area contributed by atoms with Crippen molar-refractivity contribution in [2.24, 2.45) is 0 Å². The fourth-order valence-corrected chi connectivity index (χ4v) is 3.02. The van der Waals surface area contributed by atoms with E-state index in [4.69, 9.17) is 0 Å². The van der Waals surface area contributed by atoms with Gasteiger partial charge in [0.2, 0.25) is 5.91 Å². The Kier molecular flexibility index (Phi) is 4.61. The molecule has 19 heavy (non-hydrogen) atoms. The number of nitrogens with one attached hydrogen (secondary N) is 1. The fraction of sp³-hybridized carbons (Fsp3) is 0.286. The first-order valence-corrected chi connectivity index (χ1v) is 7.83. The minimum Gasteiger partial charge on any atom is -0.301 e. The highest BCUT2D eigenvalue weighted by Gasteiger charge is 2.06. The van der Waals surface area contributed by atoms with E-state index in [-0.39, 0.29) is 5.91 Å². The third-order valence-corrected chi connectivity index (χ3v) is 4.58. The highest BCUT2D eigenvalue weighted by molar-refractivity contribution is 8.00. The van der Waals surface area contributed by atoms with E-state index < -0.39 is 0 Å². The van der Waals surface area contributed by atoms with E-state index in [2.05, 4.69) is 36.3 Å². The molecule has 0 bridgehead atoms. The van der Waals surface area contributed by atoms with Crippen LogP contribution in [0.4, 0.5) is 5.13 Å². The quantitative estimate of drug-likeness (QED) is 0.872. The van der Waals surface area contributed by atoms with Crippen molar-refractivity contribution < 1.29 is 4.79 Å². The lowest BCUT2D eigenvalue weighted by Gasteiger charge is -2.05. The maximum Gasteiger partial charge on any atom is 0.236 e. The number of rotatable bonds is 4. The van der Waals surface area contributed by atoms with Gasteiger partial charge in [-0.15, -0.1) is 23.1 Å². The maximum absolute atomic E-state index is 11.8. The Morgan fingerprint density at radius 3 is 2.74 bits per heavy atom. The molecule has 100 valence electrons. The van der Waals surface area contributed by atoms with Crippen LogP contribution in [0, 0.1) is 20.8 Å². The van der Waals surface area contributed by atoms with Crippen molar-refractivity contribution >= 4 is 34.1 Å². The first kappa shape index (κ1) is 14.1. The number of carbonyl (C=O) groups is 1. The summed E-state index contributed by atoms with van der Waals surface area (Å²) in [4.78, 5) is 17.1. The molecule has 0 fully saturated rings. The summed E-state index contributed by atoms with van der Waals surface area (Å²) >= 11 is 2.99. The standard InChI is InChI=1S/C14H16N2OS2/c1-9-4-5-12(6-10(9)2)18-8-13(17)16-14-15-11(3)7-19-14/h4-7H,8H2,1-3H3,(H,15,16,17). The van der Waals surface area contributed by atoms with Gasteiger partial charge in [-0.05, 0) is 44.0 Å². The summed E-state index contributed by atoms with van der Waals surface area (Å²) in [6, 6.07) is 6.24. The first-order valence-electron chi connectivity index (χ1n) is 5.96. The van der Waals surface area contributed by atoms with Crippen molar-refractivity contribution in [1.29, 1.82) is 0 Å². The van der Waals surface area contributed by atoms with E-state index in [0.29, 0.717) is 10.9 Å². The minimum atomic E-state index is -0.0161. The lowest BCUT2D eigenvalue weighted by atomic mass is 10.1. The number of anilines is 1. The SMILES string of the molecule is Cc1csc(NC(=O)CSc2ccc(C)c(C)c2)n1. The first-order chi connectivity index (χ1) is 9.04. The van der Waals surface area contributed by atoms with Gasteiger partial charge in [-0.1, -0.05) is 6.07 Å². The number of carbonyl (C=O) groups excluding carboxylic acids is 1. The number of thiazole rings is 1. The van der Waals surface area contributed by atoms with Crippen molar-refractivity contribution in [3.63, 3.8) is 0 Å². The average Bonchev–Trinajstić information content (AvgIpc) is 2.76. The molecular weight excluding hydrogens is 276 g/mol. The molecule has 0 spiro atoms. The second-order valence-corrected chi connectivity index (χ2v) is 6.28. The highest BCUT2D eigenvalue weighted by Crippen LogP contribution is 2.21. The average molecular weight is 292 g/mol. The molecule has 0 unspecified atom stereocenters. The molecule has 1 heterocycles. The predicted molar refractivity (Wildman–Crippen MR) is 82.1 cm³/mol. The highest BCUT2D eigenvalue weighted by atomic mass is 32.2. The Morgan fingerprint density at radius 1 is 1.32 bits per heavy atom. The zero-order valence-corrected chi connectivity index (χ0v) is 12.8. The van der Waals surface area contributed by atoms with Crippen LogP contribution in [0.1, 0.15) is 16.8 Å². The third kappa shape index (κ3) is 4.08. The Morgan fingerprint density at radius 2 is 2.11 bits per heavy atom. The molecule has 2 aromatic rings. The van der Waals surface area contributed by atoms with Gasteiger partial charge in [0.05, 0.1) is 11.4 Å². The number of benzene rings is 1. The molecular formula is C14H16N2OS2. The molecule has 2 rings (SSSR count). The summed E-state index contributed by atoms with van der Waals surface area (Å²) < 4.78 is 0. The molecule has 0 saturated heterocycles. The number of hydrogen-bond donors (Lipinski definition) is 1. The number of hydrogen-bond acceptors (Lipinski definition) is 4. The Bertz CT molecular complexity index is 593. The van der Waals surface area contributed by atoms with Crippen LogP contribution in [0.3, 0.4) is 0 Å². The molecule has 1 aromatic carbocycles. The van der Waals surface area contributed by atoms with Gasteiger partial charge in [0, 0.05) is 10.3 Å². The molecule has 0 aliphatic carbocycles. The fourth-order valence-electron chi connectivity index (χ4n) is 1.52. The second-order valence-electron chi connectivity index (χ2n) is 4.38. The molecule has 0 aliphatic rings. The van der Waals surface area contributed by atoms with Crippen LogP contribution in [-0.2, 0) is 4.79 Å². The van der Waals surface area contributed by atoms with Gasteiger partial charge in [-0.3, -0.25) is 4.79 Å². The Balaban J connectivity index is 1.88. The van der Waals surface area contributed by atoms with Gasteiger partial charge >= 0.3 is 0 Å². The van der Waals surface area contributed by atoms with Gasteiger partial charge in [-0.2, -0.15) is 0 Å². The number of thioether (sulfide) groups is 1. The van der Waals surface area contributed by atoms with E-state index in [1.807, 2.05) is 18.4 Å². The van der Waals surface area contributed by atoms with Crippen LogP contribution in [-0.4, -0.2) is 16.6 Å². The van der Waals surface area contributed by atoms with Crippen LogP contribution in [0.15, 0.2) is 28.5 Å². The van der Waals surface area contributed by atoms with E-state index in [9.17, 15) is 4.79 Å². The summed E-state index contributed by atoms with van der Waals surface area (Å²) in [6.07, 6.45) is 0.